The van der Waals surface area contributed by atoms with Gasteiger partial charge in [0, 0.05) is 13.2 Å². The number of ether oxygens (including phenoxy) is 1. The number of aliphatic hydroxyl groups is 1. The minimum Gasteiger partial charge on any atom is -0.396 e. The Morgan fingerprint density at radius 3 is 2.44 bits per heavy atom. The Morgan fingerprint density at radius 1 is 1.00 bits per heavy atom. The van der Waals surface area contributed by atoms with E-state index in [1.807, 2.05) is 6.07 Å². The van der Waals surface area contributed by atoms with Crippen LogP contribution in [-0.4, -0.2) is 18.3 Å². The summed E-state index contributed by atoms with van der Waals surface area (Å²) in [6.45, 7) is 1.52. The topological polar surface area (TPSA) is 29.5 Å². The largest absolute Gasteiger partial charge is 0.396 e. The first-order chi connectivity index (χ1) is 8.83. The van der Waals surface area contributed by atoms with Crippen molar-refractivity contribution in [1.82, 2.24) is 0 Å². The highest BCUT2D eigenvalue weighted by molar-refractivity contribution is 5.15. The minimum absolute atomic E-state index is 0.208. The molecule has 0 fully saturated rings. The summed E-state index contributed by atoms with van der Waals surface area (Å²) in [5.74, 6) is -0.208. The van der Waals surface area contributed by atoms with Crippen LogP contribution in [0.15, 0.2) is 24.3 Å². The molecule has 0 heterocycles. The molecule has 0 saturated heterocycles. The number of hydrogen-bond donors (Lipinski definition) is 1. The Balaban J connectivity index is 1.92. The predicted molar refractivity (Wildman–Crippen MR) is 70.8 cm³/mol. The van der Waals surface area contributed by atoms with Crippen molar-refractivity contribution in [3.63, 3.8) is 0 Å². The summed E-state index contributed by atoms with van der Waals surface area (Å²) in [4.78, 5) is 0. The van der Waals surface area contributed by atoms with Crippen molar-refractivity contribution in [3.8, 4) is 0 Å². The molecule has 0 amide bonds. The minimum atomic E-state index is -0.208. The maximum atomic E-state index is 12.9. The van der Waals surface area contributed by atoms with Gasteiger partial charge in [0.2, 0.25) is 0 Å². The van der Waals surface area contributed by atoms with Gasteiger partial charge in [0.15, 0.2) is 0 Å². The van der Waals surface area contributed by atoms with Gasteiger partial charge in [-0.1, -0.05) is 37.8 Å². The molecule has 0 spiro atoms. The second-order valence-electron chi connectivity index (χ2n) is 4.53. The van der Waals surface area contributed by atoms with Crippen LogP contribution in [0.2, 0.25) is 0 Å². The monoisotopic (exact) mass is 254 g/mol. The molecule has 1 N–H and O–H groups in total. The van der Waals surface area contributed by atoms with E-state index in [4.69, 9.17) is 9.84 Å². The van der Waals surface area contributed by atoms with E-state index >= 15 is 0 Å². The highest BCUT2D eigenvalue weighted by Crippen LogP contribution is 2.07. The lowest BCUT2D eigenvalue weighted by Gasteiger charge is -2.04. The van der Waals surface area contributed by atoms with Crippen LogP contribution in [-0.2, 0) is 11.3 Å². The fraction of sp³-hybridized carbons (Fsp3) is 0.600. The van der Waals surface area contributed by atoms with E-state index in [0.717, 1.165) is 37.9 Å². The zero-order chi connectivity index (χ0) is 13.1. The van der Waals surface area contributed by atoms with Gasteiger partial charge in [0.25, 0.3) is 0 Å². The van der Waals surface area contributed by atoms with Crippen molar-refractivity contribution in [1.29, 1.82) is 0 Å². The van der Waals surface area contributed by atoms with Crippen LogP contribution < -0.4 is 0 Å². The number of unbranched alkanes of at least 4 members (excludes halogenated alkanes) is 5. The number of rotatable bonds is 10. The molecular weight excluding hydrogens is 231 g/mol. The van der Waals surface area contributed by atoms with Crippen molar-refractivity contribution >= 4 is 0 Å². The number of benzene rings is 1. The molecule has 1 rings (SSSR count). The lowest BCUT2D eigenvalue weighted by molar-refractivity contribution is 0.116. The summed E-state index contributed by atoms with van der Waals surface area (Å²) >= 11 is 0. The standard InChI is InChI=1S/C15H23FO2/c16-15-9-7-8-14(12-15)13-18-11-6-4-2-1-3-5-10-17/h7-9,12,17H,1-6,10-11,13H2. The van der Waals surface area contributed by atoms with E-state index in [-0.39, 0.29) is 5.82 Å². The van der Waals surface area contributed by atoms with Crippen LogP contribution in [0.1, 0.15) is 44.1 Å². The molecule has 102 valence electrons. The lowest BCUT2D eigenvalue weighted by atomic mass is 10.1. The van der Waals surface area contributed by atoms with Gasteiger partial charge in [-0.05, 0) is 30.5 Å². The molecule has 0 aliphatic heterocycles. The zero-order valence-electron chi connectivity index (χ0n) is 10.9. The number of halogens is 1. The summed E-state index contributed by atoms with van der Waals surface area (Å²) in [6.07, 6.45) is 6.62. The fourth-order valence-electron chi connectivity index (χ4n) is 1.84. The maximum absolute atomic E-state index is 12.9. The summed E-state index contributed by atoms with van der Waals surface area (Å²) in [6, 6.07) is 6.53. The van der Waals surface area contributed by atoms with Crippen molar-refractivity contribution in [2.24, 2.45) is 0 Å². The van der Waals surface area contributed by atoms with E-state index in [9.17, 15) is 4.39 Å². The second-order valence-corrected chi connectivity index (χ2v) is 4.53. The van der Waals surface area contributed by atoms with Crippen LogP contribution in [0.3, 0.4) is 0 Å². The lowest BCUT2D eigenvalue weighted by Crippen LogP contribution is -1.96. The SMILES string of the molecule is OCCCCCCCCOCc1cccc(F)c1. The summed E-state index contributed by atoms with van der Waals surface area (Å²) in [7, 11) is 0. The van der Waals surface area contributed by atoms with Gasteiger partial charge < -0.3 is 9.84 Å². The number of aliphatic hydroxyl groups excluding tert-OH is 1. The molecule has 0 bridgehead atoms. The Morgan fingerprint density at radius 2 is 1.72 bits per heavy atom. The normalized spacial score (nSPS) is 10.8. The van der Waals surface area contributed by atoms with Crippen molar-refractivity contribution in [2.45, 2.75) is 45.1 Å². The molecule has 0 atom stereocenters. The van der Waals surface area contributed by atoms with Crippen molar-refractivity contribution in [2.75, 3.05) is 13.2 Å². The van der Waals surface area contributed by atoms with Crippen molar-refractivity contribution < 1.29 is 14.2 Å². The highest BCUT2D eigenvalue weighted by Gasteiger charge is 1.96. The fourth-order valence-corrected chi connectivity index (χ4v) is 1.84. The Bertz CT molecular complexity index is 315. The molecule has 2 nitrogen and oxygen atoms in total. The smallest absolute Gasteiger partial charge is 0.123 e. The van der Waals surface area contributed by atoms with Gasteiger partial charge in [-0.3, -0.25) is 0 Å². The molecule has 0 aliphatic carbocycles. The summed E-state index contributed by atoms with van der Waals surface area (Å²) in [5.41, 5.74) is 0.887. The first-order valence-electron chi connectivity index (χ1n) is 6.76. The first kappa shape index (κ1) is 15.1. The molecule has 3 heteroatoms. The highest BCUT2D eigenvalue weighted by atomic mass is 19.1. The van der Waals surface area contributed by atoms with Crippen LogP contribution in [0.4, 0.5) is 4.39 Å². The average Bonchev–Trinajstić information content (AvgIpc) is 2.37. The quantitative estimate of drug-likeness (QED) is 0.645. The molecule has 1 aromatic rings. The Labute approximate surface area is 109 Å². The van der Waals surface area contributed by atoms with Crippen LogP contribution in [0.5, 0.6) is 0 Å². The average molecular weight is 254 g/mol. The molecule has 0 radical (unpaired) electrons. The van der Waals surface area contributed by atoms with Gasteiger partial charge in [0.05, 0.1) is 6.61 Å². The molecule has 0 unspecified atom stereocenters. The number of hydrogen-bond acceptors (Lipinski definition) is 2. The van der Waals surface area contributed by atoms with Gasteiger partial charge >= 0.3 is 0 Å². The molecular formula is C15H23FO2. The maximum Gasteiger partial charge on any atom is 0.123 e. The third-order valence-corrected chi connectivity index (χ3v) is 2.85. The third-order valence-electron chi connectivity index (χ3n) is 2.85. The zero-order valence-corrected chi connectivity index (χ0v) is 10.9. The van der Waals surface area contributed by atoms with E-state index in [0.29, 0.717) is 13.2 Å². The van der Waals surface area contributed by atoms with Crippen LogP contribution in [0, 0.1) is 5.82 Å². The van der Waals surface area contributed by atoms with Gasteiger partial charge in [0.1, 0.15) is 5.82 Å². The Kier molecular flexibility index (Phi) is 8.43. The molecule has 0 aliphatic rings. The predicted octanol–water partition coefficient (Wildman–Crippen LogP) is 3.68. The van der Waals surface area contributed by atoms with Crippen LogP contribution in [0.25, 0.3) is 0 Å². The van der Waals surface area contributed by atoms with E-state index < -0.39 is 0 Å². The van der Waals surface area contributed by atoms with Gasteiger partial charge in [-0.15, -0.1) is 0 Å². The van der Waals surface area contributed by atoms with Gasteiger partial charge in [-0.2, -0.15) is 0 Å². The summed E-state index contributed by atoms with van der Waals surface area (Å²) < 4.78 is 18.4. The first-order valence-corrected chi connectivity index (χ1v) is 6.76. The molecule has 18 heavy (non-hydrogen) atoms. The Hall–Kier alpha value is -0.930. The molecule has 0 saturated carbocycles. The summed E-state index contributed by atoms with van der Waals surface area (Å²) in [5, 5.41) is 8.62. The van der Waals surface area contributed by atoms with E-state index in [1.165, 1.54) is 25.0 Å². The van der Waals surface area contributed by atoms with Gasteiger partial charge in [-0.25, -0.2) is 4.39 Å². The third kappa shape index (κ3) is 7.41. The van der Waals surface area contributed by atoms with Crippen molar-refractivity contribution in [3.05, 3.63) is 35.6 Å². The van der Waals surface area contributed by atoms with Crippen LogP contribution >= 0.6 is 0 Å². The molecule has 0 aromatic heterocycles. The van der Waals surface area contributed by atoms with E-state index in [1.54, 1.807) is 6.07 Å². The second kappa shape index (κ2) is 10.0. The van der Waals surface area contributed by atoms with E-state index in [2.05, 4.69) is 0 Å². The molecule has 1 aromatic carbocycles.